The Morgan fingerprint density at radius 2 is 2.00 bits per heavy atom. The fourth-order valence-corrected chi connectivity index (χ4v) is 2.94. The minimum absolute atomic E-state index is 0. The number of piperazine rings is 1. The van der Waals surface area contributed by atoms with E-state index in [1.807, 2.05) is 13.0 Å². The molecule has 1 aromatic carbocycles. The van der Waals surface area contributed by atoms with Crippen LogP contribution in [0.5, 0.6) is 5.75 Å². The molecule has 2 N–H and O–H groups in total. The number of carbonyl (C=O) groups is 1. The van der Waals surface area contributed by atoms with E-state index in [1.165, 1.54) is 12.0 Å². The van der Waals surface area contributed by atoms with Crippen LogP contribution in [-0.4, -0.2) is 62.9 Å². The third-order valence-electron chi connectivity index (χ3n) is 4.25. The molecule has 2 rings (SSSR count). The first-order valence-corrected chi connectivity index (χ1v) is 8.23. The normalized spacial score (nSPS) is 16.5. The summed E-state index contributed by atoms with van der Waals surface area (Å²) in [6.45, 7) is 3.08. The van der Waals surface area contributed by atoms with Gasteiger partial charge in [0.1, 0.15) is 11.8 Å². The lowest BCUT2D eigenvalue weighted by Gasteiger charge is -2.35. The Bertz CT molecular complexity index is 593. The molecule has 26 heavy (non-hydrogen) atoms. The highest BCUT2D eigenvalue weighted by Gasteiger charge is 2.43. The molecule has 1 atom stereocenters. The topological polar surface area (TPSA) is 53.6 Å². The highest BCUT2D eigenvalue weighted by Crippen LogP contribution is 2.25. The van der Waals surface area contributed by atoms with E-state index in [-0.39, 0.29) is 18.8 Å². The predicted octanol–water partition coefficient (Wildman–Crippen LogP) is 1.92. The van der Waals surface area contributed by atoms with E-state index in [0.29, 0.717) is 37.5 Å². The first-order chi connectivity index (χ1) is 11.8. The first-order valence-electron chi connectivity index (χ1n) is 8.23. The summed E-state index contributed by atoms with van der Waals surface area (Å²) in [6.07, 6.45) is -4.40. The van der Waals surface area contributed by atoms with Crippen molar-refractivity contribution in [3.8, 4) is 5.75 Å². The van der Waals surface area contributed by atoms with E-state index in [4.69, 9.17) is 4.74 Å². The van der Waals surface area contributed by atoms with Crippen LogP contribution in [0.25, 0.3) is 0 Å². The lowest BCUT2D eigenvalue weighted by Crippen LogP contribution is -2.57. The van der Waals surface area contributed by atoms with E-state index < -0.39 is 24.7 Å². The van der Waals surface area contributed by atoms with E-state index >= 15 is 0 Å². The van der Waals surface area contributed by atoms with Crippen LogP contribution >= 0.6 is 12.4 Å². The molecule has 0 aromatic heterocycles. The molecule has 0 bridgehead atoms. The second kappa shape index (κ2) is 9.99. The van der Waals surface area contributed by atoms with Crippen molar-refractivity contribution in [2.24, 2.45) is 0 Å². The predicted molar refractivity (Wildman–Crippen MR) is 96.0 cm³/mol. The van der Waals surface area contributed by atoms with Crippen LogP contribution in [0.15, 0.2) is 18.2 Å². The van der Waals surface area contributed by atoms with Crippen molar-refractivity contribution in [3.63, 3.8) is 0 Å². The third kappa shape index (κ3) is 6.34. The number of benzene rings is 1. The van der Waals surface area contributed by atoms with Crippen LogP contribution in [-0.2, 0) is 11.2 Å². The van der Waals surface area contributed by atoms with Gasteiger partial charge in [0.15, 0.2) is 0 Å². The van der Waals surface area contributed by atoms with Crippen molar-refractivity contribution in [1.82, 2.24) is 15.5 Å². The smallest absolute Gasteiger partial charge is 0.405 e. The molecular weight excluding hydrogens is 371 g/mol. The molecule has 1 aliphatic rings. The quantitative estimate of drug-likeness (QED) is 0.772. The number of ether oxygens (including phenoxy) is 1. The van der Waals surface area contributed by atoms with E-state index in [2.05, 4.69) is 10.6 Å². The second-order valence-electron chi connectivity index (χ2n) is 6.14. The van der Waals surface area contributed by atoms with Crippen LogP contribution in [0.3, 0.4) is 0 Å². The molecule has 9 heteroatoms. The number of hydrogen-bond donors (Lipinski definition) is 2. The lowest BCUT2D eigenvalue weighted by molar-refractivity contribution is -0.184. The maximum Gasteiger partial charge on any atom is 0.405 e. The summed E-state index contributed by atoms with van der Waals surface area (Å²) in [5.41, 5.74) is 1.61. The van der Waals surface area contributed by atoms with Gasteiger partial charge in [0, 0.05) is 38.3 Å². The van der Waals surface area contributed by atoms with Gasteiger partial charge in [-0.3, -0.25) is 9.69 Å². The maximum absolute atomic E-state index is 13.3. The number of methoxy groups -OCH3 is 1. The van der Waals surface area contributed by atoms with E-state index in [1.54, 1.807) is 12.1 Å². The monoisotopic (exact) mass is 395 g/mol. The first kappa shape index (κ1) is 22.5. The molecule has 0 aliphatic carbocycles. The van der Waals surface area contributed by atoms with Gasteiger partial charge in [0.2, 0.25) is 5.91 Å². The van der Waals surface area contributed by atoms with Gasteiger partial charge >= 0.3 is 6.18 Å². The van der Waals surface area contributed by atoms with Gasteiger partial charge in [-0.25, -0.2) is 0 Å². The second-order valence-corrected chi connectivity index (χ2v) is 6.14. The molecule has 1 amide bonds. The number of nitrogens with one attached hydrogen (secondary N) is 2. The minimum atomic E-state index is -4.38. The molecule has 1 aliphatic heterocycles. The lowest BCUT2D eigenvalue weighted by atomic mass is 10.1. The summed E-state index contributed by atoms with van der Waals surface area (Å²) >= 11 is 0. The minimum Gasteiger partial charge on any atom is -0.496 e. The molecule has 0 saturated carbocycles. The maximum atomic E-state index is 13.3. The molecule has 1 saturated heterocycles. The van der Waals surface area contributed by atoms with E-state index in [0.717, 1.165) is 5.56 Å². The van der Waals surface area contributed by atoms with Gasteiger partial charge in [-0.2, -0.15) is 13.2 Å². The van der Waals surface area contributed by atoms with Crippen molar-refractivity contribution in [2.45, 2.75) is 25.6 Å². The summed E-state index contributed by atoms with van der Waals surface area (Å²) in [4.78, 5) is 13.5. The Labute approximate surface area is 157 Å². The molecule has 1 unspecified atom stereocenters. The summed E-state index contributed by atoms with van der Waals surface area (Å²) in [5, 5.41) is 5.46. The zero-order chi connectivity index (χ0) is 18.4. The number of alkyl halides is 3. The Morgan fingerprint density at radius 1 is 1.35 bits per heavy atom. The summed E-state index contributed by atoms with van der Waals surface area (Å²) in [7, 11) is 1.50. The molecule has 0 spiro atoms. The molecule has 0 radical (unpaired) electrons. The van der Waals surface area contributed by atoms with Crippen molar-refractivity contribution in [2.75, 3.05) is 39.8 Å². The van der Waals surface area contributed by atoms with Crippen molar-refractivity contribution in [1.29, 1.82) is 0 Å². The third-order valence-corrected chi connectivity index (χ3v) is 4.25. The molecule has 1 fully saturated rings. The highest BCUT2D eigenvalue weighted by molar-refractivity contribution is 5.85. The van der Waals surface area contributed by atoms with Crippen LogP contribution in [0, 0.1) is 6.92 Å². The van der Waals surface area contributed by atoms with Crippen molar-refractivity contribution in [3.05, 3.63) is 29.3 Å². The molecular formula is C17H25ClF3N3O2. The van der Waals surface area contributed by atoms with Gasteiger partial charge < -0.3 is 15.4 Å². The molecule has 1 aromatic rings. The Morgan fingerprint density at radius 3 is 2.58 bits per heavy atom. The van der Waals surface area contributed by atoms with Crippen molar-refractivity contribution < 1.29 is 22.7 Å². The van der Waals surface area contributed by atoms with Crippen LogP contribution < -0.4 is 15.4 Å². The summed E-state index contributed by atoms with van der Waals surface area (Å²) < 4.78 is 45.2. The average Bonchev–Trinajstić information content (AvgIpc) is 2.55. The summed E-state index contributed by atoms with van der Waals surface area (Å²) in [5.74, 6) is 0.100. The number of amides is 1. The van der Waals surface area contributed by atoms with Gasteiger partial charge in [-0.15, -0.1) is 12.4 Å². The number of carbonyl (C=O) groups excluding carboxylic acids is 1. The highest BCUT2D eigenvalue weighted by atomic mass is 35.5. The van der Waals surface area contributed by atoms with Crippen molar-refractivity contribution >= 4 is 18.3 Å². The number of nitrogens with zero attached hydrogens (tertiary/aromatic N) is 1. The van der Waals surface area contributed by atoms with Gasteiger partial charge in [-0.1, -0.05) is 17.7 Å². The zero-order valence-electron chi connectivity index (χ0n) is 14.9. The zero-order valence-corrected chi connectivity index (χ0v) is 15.7. The molecule has 5 nitrogen and oxygen atoms in total. The Hall–Kier alpha value is -1.51. The number of halogens is 4. The van der Waals surface area contributed by atoms with Gasteiger partial charge in [0.05, 0.1) is 13.5 Å². The number of hydrogen-bond acceptors (Lipinski definition) is 4. The Kier molecular flexibility index (Phi) is 8.66. The number of rotatable bonds is 6. The fraction of sp³-hybridized carbons (Fsp3) is 0.588. The molecule has 1 heterocycles. The summed E-state index contributed by atoms with van der Waals surface area (Å²) in [6, 6.07) is 3.73. The fourth-order valence-electron chi connectivity index (χ4n) is 2.94. The largest absolute Gasteiger partial charge is 0.496 e. The van der Waals surface area contributed by atoms with Gasteiger partial charge in [0.25, 0.3) is 0 Å². The number of aryl methyl sites for hydroxylation is 1. The SMILES string of the molecule is COc1ccc(C)cc1CC(=O)NCC(N1CCNCC1)C(F)(F)F.Cl. The average molecular weight is 396 g/mol. The Balaban J connectivity index is 0.00000338. The van der Waals surface area contributed by atoms with Gasteiger partial charge in [-0.05, 0) is 13.0 Å². The van der Waals surface area contributed by atoms with Crippen LogP contribution in [0.1, 0.15) is 11.1 Å². The molecule has 148 valence electrons. The van der Waals surface area contributed by atoms with E-state index in [9.17, 15) is 18.0 Å². The van der Waals surface area contributed by atoms with Crippen LogP contribution in [0.4, 0.5) is 13.2 Å². The standard InChI is InChI=1S/C17H24F3N3O2.ClH/c1-12-3-4-14(25-2)13(9-12)10-16(24)22-11-15(17(18,19)20)23-7-5-21-6-8-23;/h3-4,9,15,21H,5-8,10-11H2,1-2H3,(H,22,24);1H. The van der Waals surface area contributed by atoms with Crippen LogP contribution in [0.2, 0.25) is 0 Å².